The van der Waals surface area contributed by atoms with E-state index >= 15 is 0 Å². The van der Waals surface area contributed by atoms with Gasteiger partial charge in [0.1, 0.15) is 0 Å². The van der Waals surface area contributed by atoms with Crippen LogP contribution >= 0.6 is 0 Å². The summed E-state index contributed by atoms with van der Waals surface area (Å²) in [5, 5.41) is 0. The van der Waals surface area contributed by atoms with Gasteiger partial charge in [-0.25, -0.2) is 0 Å². The summed E-state index contributed by atoms with van der Waals surface area (Å²) in [5.41, 5.74) is 10.6. The highest BCUT2D eigenvalue weighted by molar-refractivity contribution is 7.86. The van der Waals surface area contributed by atoms with E-state index in [4.69, 9.17) is 9.92 Å². The molecule has 4 saturated carbocycles. The van der Waals surface area contributed by atoms with E-state index in [1.165, 1.54) is 11.1 Å². The molecule has 176 valence electrons. The first-order valence-corrected chi connectivity index (χ1v) is 13.6. The van der Waals surface area contributed by atoms with E-state index in [1.54, 1.807) is 12.1 Å². The summed E-state index contributed by atoms with van der Waals surface area (Å²) in [6.45, 7) is 1.95. The molecule has 0 spiro atoms. The van der Waals surface area contributed by atoms with E-state index in [2.05, 4.69) is 42.5 Å². The van der Waals surface area contributed by atoms with Crippen molar-refractivity contribution in [1.82, 2.24) is 0 Å². The van der Waals surface area contributed by atoms with Crippen LogP contribution in [0.2, 0.25) is 0 Å². The standard InChI is InChI=1S/C29H31NO3S/c1-20-7-13-26(14-8-20)34(31,32)33-27-21-15-28(23-5-3-2-4-6-23)16-22(27)18-29(17-21,19-28)24-9-11-25(30)12-10-24/h2-14,21-22,27H,15-19,30H2,1H3/t21-,22+,27?,28?,29?. The highest BCUT2D eigenvalue weighted by atomic mass is 32.2. The van der Waals surface area contributed by atoms with Gasteiger partial charge < -0.3 is 5.73 Å². The molecule has 0 radical (unpaired) electrons. The molecule has 4 aliphatic rings. The average Bonchev–Trinajstić information content (AvgIpc) is 2.82. The van der Waals surface area contributed by atoms with Crippen molar-refractivity contribution >= 4 is 15.8 Å². The van der Waals surface area contributed by atoms with Crippen molar-refractivity contribution in [2.45, 2.75) is 60.9 Å². The van der Waals surface area contributed by atoms with Crippen molar-refractivity contribution < 1.29 is 12.6 Å². The fourth-order valence-electron chi connectivity index (χ4n) is 7.47. The molecule has 4 nitrogen and oxygen atoms in total. The molecule has 4 bridgehead atoms. The van der Waals surface area contributed by atoms with Gasteiger partial charge in [0.25, 0.3) is 10.1 Å². The minimum Gasteiger partial charge on any atom is -0.399 e. The van der Waals surface area contributed by atoms with Gasteiger partial charge in [-0.3, -0.25) is 4.18 Å². The second-order valence-corrected chi connectivity index (χ2v) is 12.5. The number of aryl methyl sites for hydroxylation is 1. The third kappa shape index (κ3) is 3.48. The molecule has 4 aliphatic carbocycles. The molecular weight excluding hydrogens is 442 g/mol. The zero-order valence-corrected chi connectivity index (χ0v) is 20.3. The van der Waals surface area contributed by atoms with Gasteiger partial charge in [0.15, 0.2) is 0 Å². The van der Waals surface area contributed by atoms with Crippen LogP contribution in [-0.4, -0.2) is 14.5 Å². The third-order valence-corrected chi connectivity index (χ3v) is 10.00. The Morgan fingerprint density at radius 2 is 1.29 bits per heavy atom. The predicted octanol–water partition coefficient (Wildman–Crippen LogP) is 5.75. The molecule has 0 aliphatic heterocycles. The van der Waals surface area contributed by atoms with Gasteiger partial charge in [-0.1, -0.05) is 60.2 Å². The lowest BCUT2D eigenvalue weighted by molar-refractivity contribution is -0.106. The maximum absolute atomic E-state index is 13.2. The highest BCUT2D eigenvalue weighted by Crippen LogP contribution is 2.67. The fraction of sp³-hybridized carbons (Fsp3) is 0.379. The van der Waals surface area contributed by atoms with E-state index < -0.39 is 10.1 Å². The SMILES string of the molecule is Cc1ccc(S(=O)(=O)OC2[C@@H]3CC4(c5ccccc5)C[C@H]2CC(c2ccc(N)cc2)(C3)C4)cc1. The van der Waals surface area contributed by atoms with Crippen LogP contribution in [0.1, 0.15) is 48.8 Å². The second-order valence-electron chi connectivity index (χ2n) is 10.9. The molecule has 0 heterocycles. The third-order valence-electron chi connectivity index (χ3n) is 8.67. The molecule has 0 aromatic heterocycles. The molecule has 7 rings (SSSR count). The number of rotatable bonds is 5. The zero-order chi connectivity index (χ0) is 23.6. The van der Waals surface area contributed by atoms with Crippen molar-refractivity contribution in [1.29, 1.82) is 0 Å². The fourth-order valence-corrected chi connectivity index (χ4v) is 8.66. The quantitative estimate of drug-likeness (QED) is 0.378. The number of benzene rings is 3. The van der Waals surface area contributed by atoms with Crippen LogP contribution in [0.25, 0.3) is 0 Å². The Kier molecular flexibility index (Phi) is 4.95. The zero-order valence-electron chi connectivity index (χ0n) is 19.5. The molecule has 0 saturated heterocycles. The van der Waals surface area contributed by atoms with E-state index in [0.29, 0.717) is 0 Å². The van der Waals surface area contributed by atoms with E-state index in [-0.39, 0.29) is 33.7 Å². The monoisotopic (exact) mass is 473 g/mol. The van der Waals surface area contributed by atoms with Gasteiger partial charge in [0, 0.05) is 5.69 Å². The largest absolute Gasteiger partial charge is 0.399 e. The smallest absolute Gasteiger partial charge is 0.297 e. The van der Waals surface area contributed by atoms with Crippen molar-refractivity contribution in [3.63, 3.8) is 0 Å². The predicted molar refractivity (Wildman–Crippen MR) is 134 cm³/mol. The van der Waals surface area contributed by atoms with Crippen LogP contribution in [0, 0.1) is 18.8 Å². The Balaban J connectivity index is 1.38. The molecule has 3 aromatic rings. The molecule has 34 heavy (non-hydrogen) atoms. The summed E-state index contributed by atoms with van der Waals surface area (Å²) in [6.07, 6.45) is 4.67. The normalized spacial score (nSPS) is 32.1. The summed E-state index contributed by atoms with van der Waals surface area (Å²) in [4.78, 5) is 0.248. The first-order chi connectivity index (χ1) is 16.3. The Morgan fingerprint density at radius 1 is 0.765 bits per heavy atom. The first kappa shape index (κ1) is 21.9. The Hall–Kier alpha value is -2.63. The maximum Gasteiger partial charge on any atom is 0.297 e. The van der Waals surface area contributed by atoms with Gasteiger partial charge in [-0.05, 0) is 97.1 Å². The van der Waals surface area contributed by atoms with Crippen molar-refractivity contribution in [2.24, 2.45) is 11.8 Å². The summed E-state index contributed by atoms with van der Waals surface area (Å²) in [6, 6.07) is 26.1. The van der Waals surface area contributed by atoms with Crippen molar-refractivity contribution in [3.8, 4) is 0 Å². The summed E-state index contributed by atoms with van der Waals surface area (Å²) < 4.78 is 32.5. The lowest BCUT2D eigenvalue weighted by Crippen LogP contribution is -2.62. The van der Waals surface area contributed by atoms with Gasteiger partial charge in [0.05, 0.1) is 11.0 Å². The van der Waals surface area contributed by atoms with Crippen LogP contribution in [0.15, 0.2) is 83.8 Å². The Labute approximate surface area is 202 Å². The minimum absolute atomic E-state index is 0.0306. The highest BCUT2D eigenvalue weighted by Gasteiger charge is 2.63. The van der Waals surface area contributed by atoms with Crippen molar-refractivity contribution in [3.05, 3.63) is 95.6 Å². The van der Waals surface area contributed by atoms with Crippen LogP contribution in [0.5, 0.6) is 0 Å². The Morgan fingerprint density at radius 3 is 1.85 bits per heavy atom. The van der Waals surface area contributed by atoms with Gasteiger partial charge >= 0.3 is 0 Å². The van der Waals surface area contributed by atoms with Crippen LogP contribution in [0.3, 0.4) is 0 Å². The minimum atomic E-state index is -3.81. The molecule has 3 unspecified atom stereocenters. The lowest BCUT2D eigenvalue weighted by Gasteiger charge is -2.64. The van der Waals surface area contributed by atoms with Crippen molar-refractivity contribution in [2.75, 3.05) is 5.73 Å². The van der Waals surface area contributed by atoms with Gasteiger partial charge in [-0.2, -0.15) is 8.42 Å². The Bertz CT molecular complexity index is 1280. The molecule has 4 fully saturated rings. The van der Waals surface area contributed by atoms with E-state index in [1.807, 2.05) is 31.2 Å². The molecule has 5 heteroatoms. The van der Waals surface area contributed by atoms with Crippen LogP contribution < -0.4 is 5.73 Å². The topological polar surface area (TPSA) is 69.4 Å². The first-order valence-electron chi connectivity index (χ1n) is 12.2. The number of nitrogen functional groups attached to an aromatic ring is 1. The second kappa shape index (κ2) is 7.69. The van der Waals surface area contributed by atoms with Gasteiger partial charge in [0.2, 0.25) is 0 Å². The number of nitrogens with two attached hydrogens (primary N) is 1. The number of hydrogen-bond donors (Lipinski definition) is 1. The van der Waals surface area contributed by atoms with E-state index in [0.717, 1.165) is 43.4 Å². The molecule has 2 N–H and O–H groups in total. The van der Waals surface area contributed by atoms with Gasteiger partial charge in [-0.15, -0.1) is 0 Å². The summed E-state index contributed by atoms with van der Waals surface area (Å²) >= 11 is 0. The number of hydrogen-bond acceptors (Lipinski definition) is 4. The van der Waals surface area contributed by atoms with Crippen LogP contribution in [-0.2, 0) is 25.1 Å². The lowest BCUT2D eigenvalue weighted by atomic mass is 9.41. The summed E-state index contributed by atoms with van der Waals surface area (Å²) in [5.74, 6) is 0.387. The summed E-state index contributed by atoms with van der Waals surface area (Å²) in [7, 11) is -3.81. The average molecular weight is 474 g/mol. The number of anilines is 1. The van der Waals surface area contributed by atoms with E-state index in [9.17, 15) is 8.42 Å². The maximum atomic E-state index is 13.2. The molecular formula is C29H31NO3S. The molecule has 5 atom stereocenters. The molecule has 3 aromatic carbocycles. The molecule has 0 amide bonds. The van der Waals surface area contributed by atoms with Crippen LogP contribution in [0.4, 0.5) is 5.69 Å².